The Hall–Kier alpha value is -1.57. The molecule has 0 bridgehead atoms. The van der Waals surface area contributed by atoms with Gasteiger partial charge in [-0.2, -0.15) is 18.3 Å². The van der Waals surface area contributed by atoms with Gasteiger partial charge < -0.3 is 5.32 Å². The standard InChI is InChI=1S/C17H29F3N4O/c1-6-23(7-2)13(9-12(4)5)10-21-16(25)14-11-24(8-3)22-15(14)17(18,19)20/h11-13H,6-10H2,1-5H3,(H,21,25). The first-order valence-corrected chi connectivity index (χ1v) is 8.80. The number of nitrogens with one attached hydrogen (secondary N) is 1. The second-order valence-electron chi connectivity index (χ2n) is 6.46. The third-order valence-corrected chi connectivity index (χ3v) is 4.17. The first-order valence-electron chi connectivity index (χ1n) is 8.80. The Morgan fingerprint density at radius 2 is 1.88 bits per heavy atom. The molecule has 5 nitrogen and oxygen atoms in total. The fraction of sp³-hybridized carbons (Fsp3) is 0.765. The molecule has 0 fully saturated rings. The lowest BCUT2D eigenvalue weighted by Gasteiger charge is -2.31. The fourth-order valence-electron chi connectivity index (χ4n) is 2.91. The van der Waals surface area contributed by atoms with Gasteiger partial charge >= 0.3 is 6.18 Å². The summed E-state index contributed by atoms with van der Waals surface area (Å²) in [6.07, 6.45) is -2.63. The van der Waals surface area contributed by atoms with E-state index in [-0.39, 0.29) is 12.6 Å². The number of aromatic nitrogens is 2. The van der Waals surface area contributed by atoms with E-state index in [9.17, 15) is 18.0 Å². The van der Waals surface area contributed by atoms with E-state index in [4.69, 9.17) is 0 Å². The van der Waals surface area contributed by atoms with Crippen molar-refractivity contribution in [3.63, 3.8) is 0 Å². The lowest BCUT2D eigenvalue weighted by atomic mass is 10.0. The van der Waals surface area contributed by atoms with E-state index in [0.29, 0.717) is 12.5 Å². The van der Waals surface area contributed by atoms with Gasteiger partial charge in [0.2, 0.25) is 0 Å². The molecule has 0 aliphatic carbocycles. The molecular formula is C17H29F3N4O. The summed E-state index contributed by atoms with van der Waals surface area (Å²) < 4.78 is 40.4. The van der Waals surface area contributed by atoms with E-state index in [1.165, 1.54) is 0 Å². The van der Waals surface area contributed by atoms with Crippen LogP contribution in [0.15, 0.2) is 6.20 Å². The highest BCUT2D eigenvalue weighted by molar-refractivity contribution is 5.95. The van der Waals surface area contributed by atoms with Crippen LogP contribution >= 0.6 is 0 Å². The molecule has 144 valence electrons. The molecule has 0 aliphatic heterocycles. The lowest BCUT2D eigenvalue weighted by molar-refractivity contribution is -0.141. The molecule has 0 aliphatic rings. The minimum atomic E-state index is -4.65. The molecule has 25 heavy (non-hydrogen) atoms. The van der Waals surface area contributed by atoms with E-state index in [2.05, 4.69) is 29.2 Å². The van der Waals surface area contributed by atoms with Crippen molar-refractivity contribution in [2.45, 2.75) is 59.8 Å². The number of carbonyl (C=O) groups excluding carboxylic acids is 1. The van der Waals surface area contributed by atoms with Gasteiger partial charge in [-0.1, -0.05) is 27.7 Å². The van der Waals surface area contributed by atoms with Crippen molar-refractivity contribution < 1.29 is 18.0 Å². The van der Waals surface area contributed by atoms with Crippen molar-refractivity contribution in [3.05, 3.63) is 17.5 Å². The number of likely N-dealkylation sites (N-methyl/N-ethyl adjacent to an activating group) is 1. The molecular weight excluding hydrogens is 333 g/mol. The minimum Gasteiger partial charge on any atom is -0.350 e. The number of hydrogen-bond acceptors (Lipinski definition) is 3. The summed E-state index contributed by atoms with van der Waals surface area (Å²) in [6, 6.07) is 0.0921. The molecule has 1 amide bonds. The van der Waals surface area contributed by atoms with E-state index in [0.717, 1.165) is 30.4 Å². The Balaban J connectivity index is 2.92. The summed E-state index contributed by atoms with van der Waals surface area (Å²) in [5, 5.41) is 6.15. The van der Waals surface area contributed by atoms with E-state index < -0.39 is 23.3 Å². The summed E-state index contributed by atoms with van der Waals surface area (Å²) in [4.78, 5) is 14.6. The van der Waals surface area contributed by atoms with Crippen LogP contribution in [0.2, 0.25) is 0 Å². The lowest BCUT2D eigenvalue weighted by Crippen LogP contribution is -2.44. The molecule has 1 rings (SSSR count). The second-order valence-corrected chi connectivity index (χ2v) is 6.46. The van der Waals surface area contributed by atoms with Crippen LogP contribution in [0.4, 0.5) is 13.2 Å². The van der Waals surface area contributed by atoms with Gasteiger partial charge in [0.25, 0.3) is 5.91 Å². The number of aryl methyl sites for hydroxylation is 1. The first kappa shape index (κ1) is 21.5. The number of halogens is 3. The van der Waals surface area contributed by atoms with E-state index in [1.54, 1.807) is 6.92 Å². The Morgan fingerprint density at radius 1 is 1.28 bits per heavy atom. The molecule has 0 spiro atoms. The maximum atomic E-state index is 13.1. The van der Waals surface area contributed by atoms with Crippen molar-refractivity contribution in [1.82, 2.24) is 20.0 Å². The monoisotopic (exact) mass is 362 g/mol. The highest BCUT2D eigenvalue weighted by atomic mass is 19.4. The average molecular weight is 362 g/mol. The van der Waals surface area contributed by atoms with Crippen LogP contribution in [-0.2, 0) is 12.7 Å². The average Bonchev–Trinajstić information content (AvgIpc) is 2.97. The number of carbonyl (C=O) groups is 1. The largest absolute Gasteiger partial charge is 0.435 e. The van der Waals surface area contributed by atoms with Crippen LogP contribution < -0.4 is 5.32 Å². The van der Waals surface area contributed by atoms with Crippen LogP contribution in [0.5, 0.6) is 0 Å². The number of rotatable bonds is 9. The van der Waals surface area contributed by atoms with Crippen LogP contribution in [-0.4, -0.2) is 46.3 Å². The summed E-state index contributed by atoms with van der Waals surface area (Å²) in [6.45, 7) is 12.2. The molecule has 0 radical (unpaired) electrons. The minimum absolute atomic E-state index is 0.0921. The van der Waals surface area contributed by atoms with Gasteiger partial charge in [-0.15, -0.1) is 0 Å². The van der Waals surface area contributed by atoms with Gasteiger partial charge in [-0.25, -0.2) is 0 Å². The fourth-order valence-corrected chi connectivity index (χ4v) is 2.91. The maximum Gasteiger partial charge on any atom is 0.435 e. The molecule has 1 aromatic heterocycles. The summed E-state index contributed by atoms with van der Waals surface area (Å²) in [5.41, 5.74) is -1.55. The van der Waals surface area contributed by atoms with Crippen LogP contribution in [0.1, 0.15) is 57.1 Å². The summed E-state index contributed by atoms with van der Waals surface area (Å²) in [5.74, 6) is -0.302. The zero-order valence-electron chi connectivity index (χ0n) is 15.7. The Labute approximate surface area is 147 Å². The van der Waals surface area contributed by atoms with Crippen LogP contribution in [0.25, 0.3) is 0 Å². The van der Waals surface area contributed by atoms with Crippen molar-refractivity contribution in [2.75, 3.05) is 19.6 Å². The SMILES string of the molecule is CCN(CC)C(CNC(=O)c1cn(CC)nc1C(F)(F)F)CC(C)C. The maximum absolute atomic E-state index is 13.1. The summed E-state index contributed by atoms with van der Waals surface area (Å²) >= 11 is 0. The van der Waals surface area contributed by atoms with Crippen LogP contribution in [0, 0.1) is 5.92 Å². The number of hydrogen-bond donors (Lipinski definition) is 1. The molecule has 1 atom stereocenters. The van der Waals surface area contributed by atoms with Crippen molar-refractivity contribution in [1.29, 1.82) is 0 Å². The van der Waals surface area contributed by atoms with E-state index in [1.807, 2.05) is 13.8 Å². The summed E-state index contributed by atoms with van der Waals surface area (Å²) in [7, 11) is 0. The van der Waals surface area contributed by atoms with Crippen molar-refractivity contribution in [2.24, 2.45) is 5.92 Å². The molecule has 1 heterocycles. The molecule has 8 heteroatoms. The highest BCUT2D eigenvalue weighted by Gasteiger charge is 2.39. The van der Waals surface area contributed by atoms with Gasteiger partial charge in [-0.05, 0) is 32.4 Å². The van der Waals surface area contributed by atoms with Gasteiger partial charge in [0.05, 0.1) is 5.56 Å². The smallest absolute Gasteiger partial charge is 0.350 e. The first-order chi connectivity index (χ1) is 11.6. The van der Waals surface area contributed by atoms with Crippen molar-refractivity contribution >= 4 is 5.91 Å². The van der Waals surface area contributed by atoms with Gasteiger partial charge in [0, 0.05) is 25.3 Å². The third kappa shape index (κ3) is 6.02. The normalized spacial score (nSPS) is 13.5. The molecule has 0 aromatic carbocycles. The van der Waals surface area contributed by atoms with Gasteiger partial charge in [0.15, 0.2) is 5.69 Å². The zero-order valence-corrected chi connectivity index (χ0v) is 15.7. The number of amides is 1. The molecule has 1 unspecified atom stereocenters. The molecule has 1 N–H and O–H groups in total. The quantitative estimate of drug-likeness (QED) is 0.732. The van der Waals surface area contributed by atoms with Gasteiger partial charge in [-0.3, -0.25) is 14.4 Å². The highest BCUT2D eigenvalue weighted by Crippen LogP contribution is 2.30. The number of alkyl halides is 3. The molecule has 0 saturated heterocycles. The molecule has 0 saturated carbocycles. The van der Waals surface area contributed by atoms with Crippen LogP contribution in [0.3, 0.4) is 0 Å². The predicted molar refractivity (Wildman–Crippen MR) is 91.4 cm³/mol. The zero-order chi connectivity index (χ0) is 19.2. The third-order valence-electron chi connectivity index (χ3n) is 4.17. The van der Waals surface area contributed by atoms with E-state index >= 15 is 0 Å². The van der Waals surface area contributed by atoms with Crippen molar-refractivity contribution in [3.8, 4) is 0 Å². The molecule has 1 aromatic rings. The Bertz CT molecular complexity index is 551. The topological polar surface area (TPSA) is 50.2 Å². The number of nitrogens with zero attached hydrogens (tertiary/aromatic N) is 3. The second kappa shape index (κ2) is 9.22. The Morgan fingerprint density at radius 3 is 2.32 bits per heavy atom. The predicted octanol–water partition coefficient (Wildman–Crippen LogP) is 3.41. The van der Waals surface area contributed by atoms with Gasteiger partial charge in [0.1, 0.15) is 0 Å². The Kier molecular flexibility index (Phi) is 7.92.